The molecule has 0 spiro atoms. The number of hydrogen-bond acceptors (Lipinski definition) is 3. The maximum absolute atomic E-state index is 12.4. The Hall–Kier alpha value is -1.10. The van der Waals surface area contributed by atoms with Crippen LogP contribution in [0.2, 0.25) is 5.02 Å². The van der Waals surface area contributed by atoms with Crippen molar-refractivity contribution < 1.29 is 4.79 Å². The summed E-state index contributed by atoms with van der Waals surface area (Å²) in [6.07, 6.45) is 1.10. The molecule has 1 aliphatic rings. The van der Waals surface area contributed by atoms with Gasteiger partial charge in [0.05, 0.1) is 12.6 Å². The van der Waals surface area contributed by atoms with Gasteiger partial charge in [0.2, 0.25) is 5.91 Å². The third-order valence-corrected chi connectivity index (χ3v) is 4.37. The Morgan fingerprint density at radius 3 is 2.76 bits per heavy atom. The molecule has 1 atom stereocenters. The molecule has 0 saturated carbocycles. The highest BCUT2D eigenvalue weighted by atomic mass is 35.5. The molecule has 5 heteroatoms. The Bertz CT molecular complexity index is 455. The molecule has 1 amide bonds. The Morgan fingerprint density at radius 1 is 1.33 bits per heavy atom. The lowest BCUT2D eigenvalue weighted by Gasteiger charge is -2.28. The first-order valence-electron chi connectivity index (χ1n) is 7.52. The number of benzene rings is 1. The van der Waals surface area contributed by atoms with Crippen LogP contribution in [0.4, 0.5) is 0 Å². The zero-order valence-corrected chi connectivity index (χ0v) is 13.6. The van der Waals surface area contributed by atoms with Gasteiger partial charge in [-0.3, -0.25) is 9.69 Å². The number of carbonyl (C=O) groups excluding carboxylic acids is 1. The molecule has 1 heterocycles. The fraction of sp³-hybridized carbons (Fsp3) is 0.562. The van der Waals surface area contributed by atoms with Crippen molar-refractivity contribution in [3.63, 3.8) is 0 Å². The van der Waals surface area contributed by atoms with Crippen molar-refractivity contribution in [3.05, 3.63) is 34.9 Å². The van der Waals surface area contributed by atoms with Crippen LogP contribution >= 0.6 is 11.6 Å². The highest BCUT2D eigenvalue weighted by Gasteiger charge is 2.20. The summed E-state index contributed by atoms with van der Waals surface area (Å²) < 4.78 is 0. The summed E-state index contributed by atoms with van der Waals surface area (Å²) in [5, 5.41) is 4.07. The Balaban J connectivity index is 1.92. The first-order valence-corrected chi connectivity index (χ1v) is 7.90. The van der Waals surface area contributed by atoms with E-state index >= 15 is 0 Å². The average molecular weight is 310 g/mol. The number of carbonyl (C=O) groups is 1. The fourth-order valence-corrected chi connectivity index (χ4v) is 2.67. The molecule has 1 fully saturated rings. The van der Waals surface area contributed by atoms with Gasteiger partial charge in [-0.15, -0.1) is 0 Å². The smallest absolute Gasteiger partial charge is 0.236 e. The van der Waals surface area contributed by atoms with Crippen molar-refractivity contribution >= 4 is 17.5 Å². The predicted octanol–water partition coefficient (Wildman–Crippen LogP) is 2.15. The van der Waals surface area contributed by atoms with Crippen LogP contribution in [0.5, 0.6) is 0 Å². The number of nitrogens with one attached hydrogen (secondary N) is 1. The van der Waals surface area contributed by atoms with Gasteiger partial charge < -0.3 is 10.2 Å². The monoisotopic (exact) mass is 309 g/mol. The largest absolute Gasteiger partial charge is 0.338 e. The van der Waals surface area contributed by atoms with Crippen molar-refractivity contribution in [1.82, 2.24) is 15.1 Å². The molecule has 1 unspecified atom stereocenters. The second kappa shape index (κ2) is 7.78. The van der Waals surface area contributed by atoms with Crippen LogP contribution in [0.3, 0.4) is 0 Å². The third kappa shape index (κ3) is 4.70. The molecule has 2 rings (SSSR count). The lowest BCUT2D eigenvalue weighted by Crippen LogP contribution is -2.40. The van der Waals surface area contributed by atoms with Crippen LogP contribution in [0, 0.1) is 0 Å². The van der Waals surface area contributed by atoms with Gasteiger partial charge in [0.1, 0.15) is 0 Å². The van der Waals surface area contributed by atoms with E-state index in [1.54, 1.807) is 0 Å². The fourth-order valence-electron chi connectivity index (χ4n) is 2.54. The minimum atomic E-state index is 0.0554. The highest BCUT2D eigenvalue weighted by Crippen LogP contribution is 2.21. The molecular formula is C16H24ClN3O. The number of likely N-dealkylation sites (N-methyl/N-ethyl adjacent to an activating group) is 1. The maximum atomic E-state index is 12.4. The van der Waals surface area contributed by atoms with Crippen LogP contribution in [-0.4, -0.2) is 55.5 Å². The van der Waals surface area contributed by atoms with Crippen LogP contribution in [-0.2, 0) is 4.79 Å². The van der Waals surface area contributed by atoms with E-state index in [4.69, 9.17) is 11.6 Å². The third-order valence-electron chi connectivity index (χ3n) is 4.12. The second-order valence-corrected chi connectivity index (χ2v) is 6.05. The van der Waals surface area contributed by atoms with Gasteiger partial charge in [-0.05, 0) is 44.1 Å². The number of nitrogens with zero attached hydrogens (tertiary/aromatic N) is 2. The van der Waals surface area contributed by atoms with Crippen LogP contribution in [0.15, 0.2) is 24.3 Å². The molecule has 1 aliphatic heterocycles. The van der Waals surface area contributed by atoms with Gasteiger partial charge in [-0.1, -0.05) is 23.7 Å². The van der Waals surface area contributed by atoms with Crippen molar-refractivity contribution in [1.29, 1.82) is 0 Å². The van der Waals surface area contributed by atoms with E-state index in [1.165, 1.54) is 0 Å². The second-order valence-electron chi connectivity index (χ2n) is 5.61. The predicted molar refractivity (Wildman–Crippen MR) is 86.6 cm³/mol. The van der Waals surface area contributed by atoms with E-state index in [0.29, 0.717) is 6.54 Å². The molecule has 0 radical (unpaired) electrons. The minimum Gasteiger partial charge on any atom is -0.338 e. The zero-order valence-electron chi connectivity index (χ0n) is 12.8. The number of rotatable bonds is 4. The summed E-state index contributed by atoms with van der Waals surface area (Å²) in [7, 11) is 1.87. The van der Waals surface area contributed by atoms with Crippen molar-refractivity contribution in [2.75, 3.05) is 39.8 Å². The molecule has 1 aromatic rings. The highest BCUT2D eigenvalue weighted by molar-refractivity contribution is 6.30. The first kappa shape index (κ1) is 16.3. The van der Waals surface area contributed by atoms with Crippen LogP contribution in [0.25, 0.3) is 0 Å². The van der Waals surface area contributed by atoms with Gasteiger partial charge >= 0.3 is 0 Å². The van der Waals surface area contributed by atoms with Gasteiger partial charge in [0.25, 0.3) is 0 Å². The van der Waals surface area contributed by atoms with E-state index < -0.39 is 0 Å². The number of halogens is 1. The molecule has 116 valence electrons. The summed E-state index contributed by atoms with van der Waals surface area (Å²) >= 11 is 5.91. The molecule has 0 bridgehead atoms. The summed E-state index contributed by atoms with van der Waals surface area (Å²) in [5.41, 5.74) is 1.10. The first-order chi connectivity index (χ1) is 10.1. The summed E-state index contributed by atoms with van der Waals surface area (Å²) in [6, 6.07) is 7.75. The zero-order chi connectivity index (χ0) is 15.2. The molecule has 0 aromatic heterocycles. The standard InChI is InChI=1S/C16H24ClN3O/c1-13(14-4-6-15(17)7-5-14)19(2)16(21)12-20-10-3-8-18-9-11-20/h4-7,13,18H,3,8-12H2,1-2H3. The van der Waals surface area contributed by atoms with E-state index in [0.717, 1.165) is 43.2 Å². The van der Waals surface area contributed by atoms with Gasteiger partial charge in [0, 0.05) is 25.2 Å². The van der Waals surface area contributed by atoms with Crippen LogP contribution in [0.1, 0.15) is 24.9 Å². The topological polar surface area (TPSA) is 35.6 Å². The average Bonchev–Trinajstić information content (AvgIpc) is 2.75. The van der Waals surface area contributed by atoms with E-state index in [9.17, 15) is 4.79 Å². The summed E-state index contributed by atoms with van der Waals surface area (Å²) in [4.78, 5) is 16.5. The lowest BCUT2D eigenvalue weighted by atomic mass is 10.1. The van der Waals surface area contributed by atoms with Gasteiger partial charge in [0.15, 0.2) is 0 Å². The molecule has 4 nitrogen and oxygen atoms in total. The number of hydrogen-bond donors (Lipinski definition) is 1. The van der Waals surface area contributed by atoms with Crippen molar-refractivity contribution in [2.45, 2.75) is 19.4 Å². The Morgan fingerprint density at radius 2 is 2.05 bits per heavy atom. The van der Waals surface area contributed by atoms with Crippen LogP contribution < -0.4 is 5.32 Å². The quantitative estimate of drug-likeness (QED) is 0.926. The molecule has 1 N–H and O–H groups in total. The molecule has 0 aliphatic carbocycles. The normalized spacial score (nSPS) is 18.0. The summed E-state index contributed by atoms with van der Waals surface area (Å²) in [5.74, 6) is 0.166. The molecule has 1 saturated heterocycles. The van der Waals surface area contributed by atoms with E-state index in [1.807, 2.05) is 43.1 Å². The Kier molecular flexibility index (Phi) is 6.03. The lowest BCUT2D eigenvalue weighted by molar-refractivity contribution is -0.133. The number of amides is 1. The SMILES string of the molecule is CC(c1ccc(Cl)cc1)N(C)C(=O)CN1CCCNCC1. The summed E-state index contributed by atoms with van der Waals surface area (Å²) in [6.45, 7) is 6.48. The molecule has 1 aromatic carbocycles. The van der Waals surface area contributed by atoms with Gasteiger partial charge in [-0.25, -0.2) is 0 Å². The minimum absolute atomic E-state index is 0.0554. The molecular weight excluding hydrogens is 286 g/mol. The van der Waals surface area contributed by atoms with Crippen molar-refractivity contribution in [3.8, 4) is 0 Å². The van der Waals surface area contributed by atoms with Gasteiger partial charge in [-0.2, -0.15) is 0 Å². The molecule has 21 heavy (non-hydrogen) atoms. The van der Waals surface area contributed by atoms with Crippen molar-refractivity contribution in [2.24, 2.45) is 0 Å². The Labute approximate surface area is 132 Å². The van der Waals surface area contributed by atoms with E-state index in [-0.39, 0.29) is 11.9 Å². The van der Waals surface area contributed by atoms with E-state index in [2.05, 4.69) is 10.2 Å². The maximum Gasteiger partial charge on any atom is 0.236 e.